The van der Waals surface area contributed by atoms with Crippen molar-refractivity contribution < 1.29 is 9.90 Å². The molecule has 0 aromatic rings. The fourth-order valence-electron chi connectivity index (χ4n) is 1.48. The summed E-state index contributed by atoms with van der Waals surface area (Å²) in [6, 6.07) is 0. The van der Waals surface area contributed by atoms with Gasteiger partial charge in [-0.05, 0) is 45.8 Å². The van der Waals surface area contributed by atoms with Crippen LogP contribution in [0.25, 0.3) is 0 Å². The van der Waals surface area contributed by atoms with Crippen LogP contribution in [-0.4, -0.2) is 30.5 Å². The van der Waals surface area contributed by atoms with Gasteiger partial charge in [0.05, 0.1) is 0 Å². The van der Waals surface area contributed by atoms with Gasteiger partial charge in [-0.1, -0.05) is 40.0 Å². The number of unbranched alkanes of at least 4 members (excludes halogenated alkanes) is 3. The highest BCUT2D eigenvalue weighted by atomic mass is 16.4. The Morgan fingerprint density at radius 2 is 1.11 bits per heavy atom. The van der Waals surface area contributed by atoms with Gasteiger partial charge in [0.25, 0.3) is 0 Å². The van der Waals surface area contributed by atoms with E-state index in [-0.39, 0.29) is 6.15 Å². The summed E-state index contributed by atoms with van der Waals surface area (Å²) in [4.78, 5) is 11.5. The van der Waals surface area contributed by atoms with E-state index in [0.29, 0.717) is 0 Å². The zero-order valence-electron chi connectivity index (χ0n) is 13.1. The Kier molecular flexibility index (Phi) is 23.5. The largest absolute Gasteiger partial charge is 0.550 e. The molecule has 0 atom stereocenters. The van der Waals surface area contributed by atoms with E-state index in [0.717, 1.165) is 6.92 Å². The number of hydrogen-bond donors (Lipinski definition) is 1. The minimum absolute atomic E-state index is 0. The summed E-state index contributed by atoms with van der Waals surface area (Å²) in [5.41, 5.74) is 0. The van der Waals surface area contributed by atoms with Crippen LogP contribution in [0.1, 0.15) is 66.2 Å². The summed E-state index contributed by atoms with van der Waals surface area (Å²) in [5.74, 6) is -1.08. The molecule has 0 aliphatic rings. The predicted octanol–water partition coefficient (Wildman–Crippen LogP) is 2.82. The van der Waals surface area contributed by atoms with Gasteiger partial charge in [0.2, 0.25) is 0 Å². The van der Waals surface area contributed by atoms with E-state index in [1.165, 1.54) is 58.2 Å². The van der Waals surface area contributed by atoms with Gasteiger partial charge in [0.15, 0.2) is 0 Å². The Morgan fingerprint density at radius 3 is 1.28 bits per heavy atom. The van der Waals surface area contributed by atoms with E-state index in [9.17, 15) is 0 Å². The first kappa shape index (κ1) is 22.6. The van der Waals surface area contributed by atoms with Crippen LogP contribution in [0.2, 0.25) is 0 Å². The van der Waals surface area contributed by atoms with Crippen LogP contribution < -0.4 is 11.3 Å². The molecule has 0 rings (SSSR count). The van der Waals surface area contributed by atoms with Crippen molar-refractivity contribution in [1.29, 1.82) is 0 Å². The number of quaternary nitrogens is 1. The van der Waals surface area contributed by atoms with Crippen molar-refractivity contribution in [3.05, 3.63) is 0 Å². The average molecular weight is 262 g/mol. The molecule has 0 aromatic heterocycles. The van der Waals surface area contributed by atoms with Crippen molar-refractivity contribution in [1.82, 2.24) is 11.1 Å². The first-order valence-electron chi connectivity index (χ1n) is 6.98. The Morgan fingerprint density at radius 1 is 0.889 bits per heavy atom. The maximum atomic E-state index is 8.89. The van der Waals surface area contributed by atoms with Crippen molar-refractivity contribution in [2.75, 3.05) is 19.6 Å². The van der Waals surface area contributed by atoms with E-state index < -0.39 is 5.97 Å². The van der Waals surface area contributed by atoms with Gasteiger partial charge in [-0.2, -0.15) is 0 Å². The minimum atomic E-state index is -1.08. The fourth-order valence-corrected chi connectivity index (χ4v) is 1.48. The predicted molar refractivity (Wildman–Crippen MR) is 77.8 cm³/mol. The van der Waals surface area contributed by atoms with Crippen LogP contribution in [-0.2, 0) is 4.79 Å². The van der Waals surface area contributed by atoms with Crippen LogP contribution in [0, 0.1) is 0 Å². The molecular weight excluding hydrogens is 228 g/mol. The van der Waals surface area contributed by atoms with Crippen LogP contribution in [0.4, 0.5) is 0 Å². The number of carbonyl (C=O) groups is 1. The molecule has 0 aliphatic heterocycles. The Balaban J connectivity index is -0.000000392. The van der Waals surface area contributed by atoms with Crippen molar-refractivity contribution in [2.45, 2.75) is 66.2 Å². The summed E-state index contributed by atoms with van der Waals surface area (Å²) < 4.78 is 0. The van der Waals surface area contributed by atoms with Gasteiger partial charge < -0.3 is 21.0 Å². The summed E-state index contributed by atoms with van der Waals surface area (Å²) in [6.45, 7) is 11.7. The monoisotopic (exact) mass is 262 g/mol. The highest BCUT2D eigenvalue weighted by Crippen LogP contribution is 2.01. The quantitative estimate of drug-likeness (QED) is 0.694. The maximum absolute atomic E-state index is 8.89. The number of aliphatic carboxylic acids is 1. The topological polar surface area (TPSA) is 79.9 Å². The van der Waals surface area contributed by atoms with Crippen LogP contribution in [0.3, 0.4) is 0 Å². The number of rotatable bonds is 9. The molecule has 0 radical (unpaired) electrons. The number of carboxylic acid groups (broad SMARTS) is 1. The fraction of sp³-hybridized carbons (Fsp3) is 0.929. The normalized spacial score (nSPS) is 9.39. The molecule has 0 spiro atoms. The van der Waals surface area contributed by atoms with Gasteiger partial charge >= 0.3 is 0 Å². The molecule has 0 amide bonds. The molecule has 4 heteroatoms. The van der Waals surface area contributed by atoms with Gasteiger partial charge in [-0.3, -0.25) is 0 Å². The molecule has 0 fully saturated rings. The Bertz CT molecular complexity index is 141. The van der Waals surface area contributed by atoms with E-state index >= 15 is 0 Å². The lowest BCUT2D eigenvalue weighted by molar-refractivity contribution is -0.302. The average Bonchev–Trinajstić information content (AvgIpc) is 2.27. The second-order valence-electron chi connectivity index (χ2n) is 4.39. The van der Waals surface area contributed by atoms with Crippen molar-refractivity contribution in [3.63, 3.8) is 0 Å². The highest BCUT2D eigenvalue weighted by Gasteiger charge is 2.01. The van der Waals surface area contributed by atoms with E-state index in [4.69, 9.17) is 9.90 Å². The maximum Gasteiger partial charge on any atom is 0.0383 e. The van der Waals surface area contributed by atoms with Crippen LogP contribution in [0.5, 0.6) is 0 Å². The molecule has 0 saturated carbocycles. The summed E-state index contributed by atoms with van der Waals surface area (Å²) in [6.07, 6.45) is 8.09. The Labute approximate surface area is 113 Å². The van der Waals surface area contributed by atoms with E-state index in [1.807, 2.05) is 0 Å². The SMILES string of the molecule is CC(=O)[O-].CCCCN(CCCC)CCCC.[NH4+]. The Hall–Kier alpha value is -0.610. The van der Waals surface area contributed by atoms with Crippen molar-refractivity contribution in [3.8, 4) is 0 Å². The molecule has 0 unspecified atom stereocenters. The summed E-state index contributed by atoms with van der Waals surface area (Å²) in [7, 11) is 0. The lowest BCUT2D eigenvalue weighted by Crippen LogP contribution is -2.27. The summed E-state index contributed by atoms with van der Waals surface area (Å²) in [5, 5.41) is 8.89. The van der Waals surface area contributed by atoms with E-state index in [1.54, 1.807) is 0 Å². The van der Waals surface area contributed by atoms with E-state index in [2.05, 4.69) is 25.7 Å². The van der Waals surface area contributed by atoms with Crippen molar-refractivity contribution in [2.24, 2.45) is 0 Å². The molecule has 112 valence electrons. The zero-order chi connectivity index (χ0) is 13.5. The van der Waals surface area contributed by atoms with Gasteiger partial charge in [0, 0.05) is 5.97 Å². The third-order valence-corrected chi connectivity index (χ3v) is 2.48. The smallest absolute Gasteiger partial charge is 0.0383 e. The molecule has 0 aliphatic carbocycles. The molecule has 0 saturated heterocycles. The molecule has 4 N–H and O–H groups in total. The molecule has 0 heterocycles. The summed E-state index contributed by atoms with van der Waals surface area (Å²) >= 11 is 0. The highest BCUT2D eigenvalue weighted by molar-refractivity contribution is 5.60. The molecule has 4 nitrogen and oxygen atoms in total. The lowest BCUT2D eigenvalue weighted by Gasteiger charge is -2.21. The second kappa shape index (κ2) is 18.7. The zero-order valence-corrected chi connectivity index (χ0v) is 13.1. The van der Waals surface area contributed by atoms with Crippen LogP contribution >= 0.6 is 0 Å². The third kappa shape index (κ3) is 24.6. The first-order valence-corrected chi connectivity index (χ1v) is 6.98. The van der Waals surface area contributed by atoms with Gasteiger partial charge in [-0.15, -0.1) is 0 Å². The number of carboxylic acids is 1. The number of nitrogens with zero attached hydrogens (tertiary/aromatic N) is 1. The number of carbonyl (C=O) groups excluding carboxylic acids is 1. The van der Waals surface area contributed by atoms with Gasteiger partial charge in [0.1, 0.15) is 0 Å². The molecule has 0 aromatic carbocycles. The molecular formula is C14H34N2O2. The standard InChI is InChI=1S/C12H27N.C2H4O2.H3N/c1-4-7-10-13(11-8-5-2)12-9-6-3;1-2(3)4;/h4-12H2,1-3H3;1H3,(H,3,4);1H3. The lowest BCUT2D eigenvalue weighted by atomic mass is 10.2. The van der Waals surface area contributed by atoms with Crippen molar-refractivity contribution >= 4 is 5.97 Å². The van der Waals surface area contributed by atoms with Crippen LogP contribution in [0.15, 0.2) is 0 Å². The molecule has 18 heavy (non-hydrogen) atoms. The molecule has 0 bridgehead atoms. The minimum Gasteiger partial charge on any atom is -0.550 e. The third-order valence-electron chi connectivity index (χ3n) is 2.48. The number of hydrogen-bond acceptors (Lipinski definition) is 3. The van der Waals surface area contributed by atoms with Gasteiger partial charge in [-0.25, -0.2) is 0 Å². The second-order valence-corrected chi connectivity index (χ2v) is 4.39. The first-order chi connectivity index (χ1) is 8.08.